The van der Waals surface area contributed by atoms with E-state index >= 15 is 0 Å². The maximum absolute atomic E-state index is 11.8. The van der Waals surface area contributed by atoms with Crippen LogP contribution in [0.4, 0.5) is 23.8 Å². The first-order chi connectivity index (χ1) is 18.9. The standard InChI is InChI=1S/C12H23NO2.C10H17NO4.C5H4F3N3/c1-5-6-9-7-10(8-9)13-11(14)15-12(2,3)4;1-10(2)14-6-3-4-13-7(5-8(11)12)9(6)15-10;6-5(7,8)3-1-10-2-4(9)11-3/h9-10H,5-8H2,1-4H3,(H,13,14);6-7,9H,3-5H2,1-2H3,(H2,11,12);1-2H,(H2,9,11). The molecule has 3 atom stereocenters. The van der Waals surface area contributed by atoms with Crippen molar-refractivity contribution in [2.45, 2.75) is 122 Å². The molecule has 3 heterocycles. The first-order valence-corrected chi connectivity index (χ1v) is 13.8. The molecule has 1 saturated carbocycles. The molecule has 0 spiro atoms. The Balaban J connectivity index is 0.000000218. The van der Waals surface area contributed by atoms with Gasteiger partial charge in [-0.1, -0.05) is 19.8 Å². The molecule has 1 aliphatic carbocycles. The molecule has 14 heteroatoms. The highest BCUT2D eigenvalue weighted by Gasteiger charge is 2.47. The van der Waals surface area contributed by atoms with Crippen LogP contribution in [0.3, 0.4) is 0 Å². The predicted octanol–water partition coefficient (Wildman–Crippen LogP) is 4.34. The summed E-state index contributed by atoms with van der Waals surface area (Å²) in [7, 11) is 0. The zero-order chi connectivity index (χ0) is 31.0. The van der Waals surface area contributed by atoms with E-state index in [0.29, 0.717) is 18.8 Å². The Labute approximate surface area is 239 Å². The number of anilines is 1. The SMILES string of the molecule is CC1(C)OC2CCOC(CC(N)=O)C2O1.CCCC1CC(NC(=O)OC(C)(C)C)C1.Nc1cncc(C(F)(F)F)n1. The van der Waals surface area contributed by atoms with Crippen molar-refractivity contribution < 1.29 is 41.7 Å². The minimum atomic E-state index is -4.47. The Morgan fingerprint density at radius 2 is 1.83 bits per heavy atom. The van der Waals surface area contributed by atoms with Crippen LogP contribution in [0.5, 0.6) is 0 Å². The van der Waals surface area contributed by atoms with Crippen LogP contribution in [0.25, 0.3) is 0 Å². The van der Waals surface area contributed by atoms with Gasteiger partial charge < -0.3 is 35.7 Å². The van der Waals surface area contributed by atoms with E-state index in [1.807, 2.05) is 34.6 Å². The fraction of sp³-hybridized carbons (Fsp3) is 0.778. The highest BCUT2D eigenvalue weighted by molar-refractivity contribution is 5.74. The van der Waals surface area contributed by atoms with E-state index in [-0.39, 0.29) is 42.6 Å². The Morgan fingerprint density at radius 1 is 1.17 bits per heavy atom. The summed E-state index contributed by atoms with van der Waals surface area (Å²) >= 11 is 0. The summed E-state index contributed by atoms with van der Waals surface area (Å²) in [6.07, 6.45) is 2.29. The van der Waals surface area contributed by atoms with Gasteiger partial charge in [-0.05, 0) is 59.8 Å². The zero-order valence-corrected chi connectivity index (χ0v) is 24.6. The number of hydrogen-bond donors (Lipinski definition) is 3. The third kappa shape index (κ3) is 12.4. The summed E-state index contributed by atoms with van der Waals surface area (Å²) in [6.45, 7) is 12.2. The number of alkyl halides is 3. The van der Waals surface area contributed by atoms with Crippen molar-refractivity contribution in [3.8, 4) is 0 Å². The quantitative estimate of drug-likeness (QED) is 0.452. The molecule has 1 aromatic rings. The van der Waals surface area contributed by atoms with Crippen molar-refractivity contribution in [2.75, 3.05) is 12.3 Å². The second-order valence-electron chi connectivity index (χ2n) is 11.8. The van der Waals surface area contributed by atoms with Crippen LogP contribution in [0, 0.1) is 5.92 Å². The molecule has 1 aromatic heterocycles. The van der Waals surface area contributed by atoms with Gasteiger partial charge in [0.15, 0.2) is 11.5 Å². The largest absolute Gasteiger partial charge is 0.444 e. The van der Waals surface area contributed by atoms with E-state index in [0.717, 1.165) is 31.4 Å². The second-order valence-corrected chi connectivity index (χ2v) is 11.8. The second kappa shape index (κ2) is 14.5. The van der Waals surface area contributed by atoms with E-state index < -0.39 is 23.3 Å². The third-order valence-corrected chi connectivity index (χ3v) is 6.32. The Bertz CT molecular complexity index is 998. The Kier molecular flexibility index (Phi) is 12.2. The van der Waals surface area contributed by atoms with Crippen molar-refractivity contribution in [3.63, 3.8) is 0 Å². The first-order valence-electron chi connectivity index (χ1n) is 13.8. The number of alkyl carbamates (subject to hydrolysis) is 1. The summed E-state index contributed by atoms with van der Waals surface area (Å²) < 4.78 is 57.5. The number of rotatable bonds is 5. The lowest BCUT2D eigenvalue weighted by atomic mass is 9.78. The van der Waals surface area contributed by atoms with E-state index in [4.69, 9.17) is 30.4 Å². The van der Waals surface area contributed by atoms with Crippen molar-refractivity contribution >= 4 is 17.8 Å². The number of primary amides is 1. The molecule has 2 aliphatic heterocycles. The molecule has 2 amide bonds. The number of hydrogen-bond acceptors (Lipinski definition) is 9. The molecule has 0 aromatic carbocycles. The first kappa shape index (κ1) is 34.5. The van der Waals surface area contributed by atoms with Crippen LogP contribution < -0.4 is 16.8 Å². The van der Waals surface area contributed by atoms with E-state index in [9.17, 15) is 22.8 Å². The Morgan fingerprint density at radius 3 is 2.34 bits per heavy atom. The molecule has 3 unspecified atom stereocenters. The summed E-state index contributed by atoms with van der Waals surface area (Å²) in [5.74, 6) is -0.373. The number of halogens is 3. The highest BCUT2D eigenvalue weighted by Crippen LogP contribution is 2.36. The van der Waals surface area contributed by atoms with Crippen LogP contribution >= 0.6 is 0 Å². The predicted molar refractivity (Wildman–Crippen MR) is 144 cm³/mol. The van der Waals surface area contributed by atoms with Crippen LogP contribution in [0.2, 0.25) is 0 Å². The summed E-state index contributed by atoms with van der Waals surface area (Å²) in [5, 5.41) is 2.90. The molecule has 0 bridgehead atoms. The van der Waals surface area contributed by atoms with Gasteiger partial charge in [-0.3, -0.25) is 9.78 Å². The van der Waals surface area contributed by atoms with Gasteiger partial charge in [0.1, 0.15) is 17.5 Å². The molecule has 4 rings (SSSR count). The van der Waals surface area contributed by atoms with E-state index in [2.05, 4.69) is 22.2 Å². The van der Waals surface area contributed by atoms with Gasteiger partial charge in [-0.15, -0.1) is 0 Å². The fourth-order valence-corrected chi connectivity index (χ4v) is 4.69. The van der Waals surface area contributed by atoms with Gasteiger partial charge >= 0.3 is 12.3 Å². The van der Waals surface area contributed by atoms with Crippen LogP contribution in [-0.4, -0.2) is 64.3 Å². The van der Waals surface area contributed by atoms with E-state index in [1.54, 1.807) is 0 Å². The number of fused-ring (bicyclic) bond motifs is 1. The number of carbonyl (C=O) groups excluding carboxylic acids is 2. The minimum absolute atomic E-state index is 0.0260. The molecule has 3 aliphatic rings. The number of nitrogens with zero attached hydrogens (tertiary/aromatic N) is 2. The summed E-state index contributed by atoms with van der Waals surface area (Å²) in [5.41, 5.74) is 8.68. The van der Waals surface area contributed by atoms with Crippen LogP contribution in [0.1, 0.15) is 85.8 Å². The fourth-order valence-electron chi connectivity index (χ4n) is 4.69. The lowest BCUT2D eigenvalue weighted by molar-refractivity contribution is -0.156. The van der Waals surface area contributed by atoms with Gasteiger partial charge in [0.2, 0.25) is 5.91 Å². The van der Waals surface area contributed by atoms with Crippen LogP contribution in [0.15, 0.2) is 12.4 Å². The van der Waals surface area contributed by atoms with Crippen molar-refractivity contribution in [1.29, 1.82) is 0 Å². The van der Waals surface area contributed by atoms with E-state index in [1.165, 1.54) is 12.8 Å². The summed E-state index contributed by atoms with van der Waals surface area (Å²) in [6, 6.07) is 0.344. The average Bonchev–Trinajstić information content (AvgIpc) is 3.11. The van der Waals surface area contributed by atoms with Gasteiger partial charge in [0, 0.05) is 12.6 Å². The number of ether oxygens (including phenoxy) is 4. The van der Waals surface area contributed by atoms with Gasteiger partial charge in [0.05, 0.1) is 31.0 Å². The molecular formula is C27H44F3N5O6. The minimum Gasteiger partial charge on any atom is -0.444 e. The molecule has 41 heavy (non-hydrogen) atoms. The van der Waals surface area contributed by atoms with Gasteiger partial charge in [-0.2, -0.15) is 13.2 Å². The topological polar surface area (TPSA) is 161 Å². The molecule has 5 N–H and O–H groups in total. The van der Waals surface area contributed by atoms with Crippen molar-refractivity contribution in [1.82, 2.24) is 15.3 Å². The van der Waals surface area contributed by atoms with Gasteiger partial charge in [0.25, 0.3) is 0 Å². The highest BCUT2D eigenvalue weighted by atomic mass is 19.4. The number of aromatic nitrogens is 2. The Hall–Kier alpha value is -2.71. The zero-order valence-electron chi connectivity index (χ0n) is 24.6. The smallest absolute Gasteiger partial charge is 0.434 e. The molecule has 11 nitrogen and oxygen atoms in total. The number of amides is 2. The molecule has 3 fully saturated rings. The maximum atomic E-state index is 11.8. The monoisotopic (exact) mass is 591 g/mol. The molecule has 2 saturated heterocycles. The van der Waals surface area contributed by atoms with Crippen molar-refractivity contribution in [2.24, 2.45) is 11.7 Å². The summed E-state index contributed by atoms with van der Waals surface area (Å²) in [4.78, 5) is 28.5. The van der Waals surface area contributed by atoms with Crippen molar-refractivity contribution in [3.05, 3.63) is 18.1 Å². The molecular weight excluding hydrogens is 547 g/mol. The van der Waals surface area contributed by atoms with Crippen LogP contribution in [-0.2, 0) is 29.9 Å². The number of nitrogen functional groups attached to an aromatic ring is 1. The normalized spacial score (nSPS) is 26.6. The molecule has 0 radical (unpaired) electrons. The third-order valence-electron chi connectivity index (χ3n) is 6.32. The average molecular weight is 592 g/mol. The number of carbonyl (C=O) groups is 2. The number of nitrogens with one attached hydrogen (secondary N) is 1. The molecule has 234 valence electrons. The lowest BCUT2D eigenvalue weighted by Gasteiger charge is -2.36. The van der Waals surface area contributed by atoms with Gasteiger partial charge in [-0.25, -0.2) is 9.78 Å². The lowest BCUT2D eigenvalue weighted by Crippen LogP contribution is -2.46. The maximum Gasteiger partial charge on any atom is 0.434 e. The number of nitrogens with two attached hydrogens (primary N) is 2.